The van der Waals surface area contributed by atoms with Crippen molar-refractivity contribution in [3.8, 4) is 0 Å². The van der Waals surface area contributed by atoms with Crippen LogP contribution >= 0.6 is 0 Å². The first-order valence-corrected chi connectivity index (χ1v) is 5.90. The number of benzene rings is 1. The summed E-state index contributed by atoms with van der Waals surface area (Å²) in [5.74, 6) is 5.19. The maximum absolute atomic E-state index is 12.1. The van der Waals surface area contributed by atoms with Crippen LogP contribution < -0.4 is 16.6 Å². The number of nitrogens with one attached hydrogen (secondary N) is 2. The van der Waals surface area contributed by atoms with E-state index in [2.05, 4.69) is 15.7 Å². The minimum Gasteiger partial charge on any atom is -0.324 e. The summed E-state index contributed by atoms with van der Waals surface area (Å²) in [5, 5.41) is 2.81. The normalized spacial score (nSPS) is 10.1. The number of nitrogens with two attached hydrogens (primary N) is 1. The Hall–Kier alpha value is -2.40. The molecule has 0 fully saturated rings. The van der Waals surface area contributed by atoms with Crippen molar-refractivity contribution in [3.05, 3.63) is 53.3 Å². The maximum Gasteiger partial charge on any atom is 0.255 e. The summed E-state index contributed by atoms with van der Waals surface area (Å²) in [6.45, 7) is 3.81. The van der Waals surface area contributed by atoms with Gasteiger partial charge in [-0.05, 0) is 49.2 Å². The Bertz CT molecular complexity index is 610. The summed E-state index contributed by atoms with van der Waals surface area (Å²) >= 11 is 0. The summed E-state index contributed by atoms with van der Waals surface area (Å²) in [5.41, 5.74) is 6.55. The van der Waals surface area contributed by atoms with Crippen LogP contribution in [-0.2, 0) is 0 Å². The predicted molar refractivity (Wildman–Crippen MR) is 75.9 cm³/mol. The van der Waals surface area contributed by atoms with Crippen molar-refractivity contribution < 1.29 is 4.79 Å². The number of hydrogen-bond acceptors (Lipinski definition) is 4. The van der Waals surface area contributed by atoms with Gasteiger partial charge in [0.2, 0.25) is 0 Å². The van der Waals surface area contributed by atoms with E-state index in [4.69, 9.17) is 5.84 Å². The van der Waals surface area contributed by atoms with Crippen LogP contribution in [0.15, 0.2) is 36.7 Å². The molecule has 0 aliphatic rings. The third-order valence-electron chi connectivity index (χ3n) is 2.78. The largest absolute Gasteiger partial charge is 0.324 e. The first-order chi connectivity index (χ1) is 9.10. The number of aromatic nitrogens is 1. The van der Waals surface area contributed by atoms with Crippen LogP contribution in [0.5, 0.6) is 0 Å². The van der Waals surface area contributed by atoms with Crippen molar-refractivity contribution in [3.63, 3.8) is 0 Å². The summed E-state index contributed by atoms with van der Waals surface area (Å²) in [6.07, 6.45) is 3.36. The van der Waals surface area contributed by atoms with Gasteiger partial charge in [-0.2, -0.15) is 0 Å². The van der Waals surface area contributed by atoms with Crippen molar-refractivity contribution >= 4 is 17.3 Å². The predicted octanol–water partition coefficient (Wildman–Crippen LogP) is 2.24. The van der Waals surface area contributed by atoms with E-state index >= 15 is 0 Å². The zero-order valence-electron chi connectivity index (χ0n) is 10.9. The third kappa shape index (κ3) is 3.08. The van der Waals surface area contributed by atoms with Gasteiger partial charge < -0.3 is 10.7 Å². The Labute approximate surface area is 111 Å². The Balaban J connectivity index is 2.18. The molecule has 0 saturated heterocycles. The molecule has 19 heavy (non-hydrogen) atoms. The number of carbonyl (C=O) groups is 1. The second kappa shape index (κ2) is 5.49. The first-order valence-electron chi connectivity index (χ1n) is 5.90. The van der Waals surface area contributed by atoms with Crippen molar-refractivity contribution in [2.75, 3.05) is 10.7 Å². The third-order valence-corrected chi connectivity index (χ3v) is 2.78. The van der Waals surface area contributed by atoms with Gasteiger partial charge in [-0.1, -0.05) is 0 Å². The van der Waals surface area contributed by atoms with Crippen LogP contribution in [-0.4, -0.2) is 10.9 Å². The quantitative estimate of drug-likeness (QED) is 0.581. The Kier molecular flexibility index (Phi) is 3.77. The van der Waals surface area contributed by atoms with Crippen molar-refractivity contribution in [2.24, 2.45) is 5.84 Å². The molecule has 1 heterocycles. The van der Waals surface area contributed by atoms with Crippen LogP contribution in [0, 0.1) is 13.8 Å². The fourth-order valence-corrected chi connectivity index (χ4v) is 1.79. The molecule has 0 atom stereocenters. The van der Waals surface area contributed by atoms with E-state index in [9.17, 15) is 4.79 Å². The molecule has 1 aromatic carbocycles. The van der Waals surface area contributed by atoms with Crippen LogP contribution in [0.25, 0.3) is 0 Å². The number of amides is 1. The lowest BCUT2D eigenvalue weighted by atomic mass is 10.1. The van der Waals surface area contributed by atoms with E-state index in [1.54, 1.807) is 30.6 Å². The number of nitrogen functional groups attached to an aromatic ring is 1. The van der Waals surface area contributed by atoms with Crippen molar-refractivity contribution in [1.82, 2.24) is 4.98 Å². The molecule has 5 heteroatoms. The molecule has 0 aliphatic heterocycles. The molecular formula is C14H16N4O. The van der Waals surface area contributed by atoms with Gasteiger partial charge in [0.05, 0.1) is 17.6 Å². The minimum absolute atomic E-state index is 0.168. The molecule has 1 amide bonds. The number of hydrogen-bond donors (Lipinski definition) is 3. The SMILES string of the molecule is Cc1cncc(NC(=O)c2ccc(NN)c(C)c2)c1. The van der Waals surface area contributed by atoms with Crippen LogP contribution in [0.4, 0.5) is 11.4 Å². The number of aryl methyl sites for hydroxylation is 2. The smallest absolute Gasteiger partial charge is 0.255 e. The molecule has 0 bridgehead atoms. The van der Waals surface area contributed by atoms with Crippen LogP contribution in [0.3, 0.4) is 0 Å². The summed E-state index contributed by atoms with van der Waals surface area (Å²) in [7, 11) is 0. The van der Waals surface area contributed by atoms with E-state index in [0.717, 1.165) is 16.8 Å². The number of rotatable bonds is 3. The standard InChI is InChI=1S/C14H16N4O/c1-9-5-12(8-16-7-9)17-14(19)11-3-4-13(18-15)10(2)6-11/h3-8,18H,15H2,1-2H3,(H,17,19). The molecule has 4 N–H and O–H groups in total. The van der Waals surface area contributed by atoms with Gasteiger partial charge in [-0.15, -0.1) is 0 Å². The fourth-order valence-electron chi connectivity index (χ4n) is 1.79. The lowest BCUT2D eigenvalue weighted by molar-refractivity contribution is 0.102. The molecule has 0 spiro atoms. The first kappa shape index (κ1) is 13.0. The maximum atomic E-state index is 12.1. The minimum atomic E-state index is -0.168. The molecule has 98 valence electrons. The highest BCUT2D eigenvalue weighted by Crippen LogP contribution is 2.16. The second-order valence-corrected chi connectivity index (χ2v) is 4.38. The van der Waals surface area contributed by atoms with Gasteiger partial charge in [-0.3, -0.25) is 15.6 Å². The van der Waals surface area contributed by atoms with Gasteiger partial charge in [0.1, 0.15) is 0 Å². The van der Waals surface area contributed by atoms with Crippen molar-refractivity contribution in [1.29, 1.82) is 0 Å². The number of anilines is 2. The zero-order valence-corrected chi connectivity index (χ0v) is 10.9. The van der Waals surface area contributed by atoms with E-state index < -0.39 is 0 Å². The number of hydrazine groups is 1. The molecule has 0 unspecified atom stereocenters. The lowest BCUT2D eigenvalue weighted by Crippen LogP contribution is -2.13. The van der Waals surface area contributed by atoms with E-state index in [-0.39, 0.29) is 5.91 Å². The Morgan fingerprint density at radius 2 is 2.00 bits per heavy atom. The van der Waals surface area contributed by atoms with Gasteiger partial charge in [0.15, 0.2) is 0 Å². The number of carbonyl (C=O) groups excluding carboxylic acids is 1. The lowest BCUT2D eigenvalue weighted by Gasteiger charge is -2.09. The summed E-state index contributed by atoms with van der Waals surface area (Å²) < 4.78 is 0. The van der Waals surface area contributed by atoms with Gasteiger partial charge >= 0.3 is 0 Å². The average Bonchev–Trinajstić information content (AvgIpc) is 2.38. The Morgan fingerprint density at radius 1 is 1.21 bits per heavy atom. The summed E-state index contributed by atoms with van der Waals surface area (Å²) in [6, 6.07) is 7.15. The highest BCUT2D eigenvalue weighted by molar-refractivity contribution is 6.04. The van der Waals surface area contributed by atoms with Crippen LogP contribution in [0.2, 0.25) is 0 Å². The molecule has 1 aromatic heterocycles. The van der Waals surface area contributed by atoms with Gasteiger partial charge in [-0.25, -0.2) is 0 Å². The van der Waals surface area contributed by atoms with E-state index in [0.29, 0.717) is 11.3 Å². The molecule has 0 saturated carbocycles. The molecule has 0 aliphatic carbocycles. The summed E-state index contributed by atoms with van der Waals surface area (Å²) in [4.78, 5) is 16.1. The average molecular weight is 256 g/mol. The Morgan fingerprint density at radius 3 is 2.63 bits per heavy atom. The topological polar surface area (TPSA) is 80.0 Å². The fraction of sp³-hybridized carbons (Fsp3) is 0.143. The number of nitrogens with zero attached hydrogens (tertiary/aromatic N) is 1. The molecule has 2 rings (SSSR count). The van der Waals surface area contributed by atoms with Crippen molar-refractivity contribution in [2.45, 2.75) is 13.8 Å². The zero-order chi connectivity index (χ0) is 13.8. The molecule has 0 radical (unpaired) electrons. The van der Waals surface area contributed by atoms with Gasteiger partial charge in [0.25, 0.3) is 5.91 Å². The van der Waals surface area contributed by atoms with Crippen LogP contribution in [0.1, 0.15) is 21.5 Å². The van der Waals surface area contributed by atoms with E-state index in [1.165, 1.54) is 0 Å². The highest BCUT2D eigenvalue weighted by Gasteiger charge is 2.08. The second-order valence-electron chi connectivity index (χ2n) is 4.38. The monoisotopic (exact) mass is 256 g/mol. The molecule has 2 aromatic rings. The highest BCUT2D eigenvalue weighted by atomic mass is 16.1. The molecular weight excluding hydrogens is 240 g/mol. The van der Waals surface area contributed by atoms with Gasteiger partial charge in [0, 0.05) is 11.8 Å². The molecule has 5 nitrogen and oxygen atoms in total. The van der Waals surface area contributed by atoms with E-state index in [1.807, 2.05) is 19.9 Å². The number of pyridine rings is 1.